The molecule has 3 unspecified atom stereocenters. The van der Waals surface area contributed by atoms with Crippen molar-refractivity contribution in [3.63, 3.8) is 0 Å². The highest BCUT2D eigenvalue weighted by atomic mass is 16.4. The number of carboxylic acids is 1. The summed E-state index contributed by atoms with van der Waals surface area (Å²) in [6.45, 7) is 6.60. The molecule has 0 spiro atoms. The molecule has 0 aliphatic carbocycles. The third-order valence-electron chi connectivity index (χ3n) is 4.91. The van der Waals surface area contributed by atoms with Crippen LogP contribution in [0.4, 0.5) is 0 Å². The van der Waals surface area contributed by atoms with Gasteiger partial charge in [-0.1, -0.05) is 51.1 Å². The molecule has 8 heteroatoms. The highest BCUT2D eigenvalue weighted by Gasteiger charge is 2.37. The molecule has 0 saturated carbocycles. The number of amides is 1. The number of tetrazole rings is 1. The summed E-state index contributed by atoms with van der Waals surface area (Å²) >= 11 is 0. The van der Waals surface area contributed by atoms with Crippen LogP contribution in [-0.2, 0) is 9.59 Å². The van der Waals surface area contributed by atoms with Crippen molar-refractivity contribution < 1.29 is 14.7 Å². The van der Waals surface area contributed by atoms with Crippen LogP contribution in [0.1, 0.15) is 33.2 Å². The van der Waals surface area contributed by atoms with Crippen LogP contribution < -0.4 is 0 Å². The van der Waals surface area contributed by atoms with Crippen molar-refractivity contribution in [2.45, 2.75) is 33.2 Å². The highest BCUT2D eigenvalue weighted by Crippen LogP contribution is 2.27. The summed E-state index contributed by atoms with van der Waals surface area (Å²) in [6.07, 6.45) is 0.588. The lowest BCUT2D eigenvalue weighted by Crippen LogP contribution is -2.49. The minimum Gasteiger partial charge on any atom is -0.481 e. The first kappa shape index (κ1) is 19.0. The SMILES string of the molecule is CC1CC(C(=O)O)CN(C(=O)C(C(C)C)n2nnc(-c3ccccc3)n2)C1. The van der Waals surface area contributed by atoms with Crippen molar-refractivity contribution in [1.82, 2.24) is 25.1 Å². The number of carbonyl (C=O) groups excluding carboxylic acids is 1. The van der Waals surface area contributed by atoms with E-state index >= 15 is 0 Å². The summed E-state index contributed by atoms with van der Waals surface area (Å²) in [5.74, 6) is -1.000. The molecule has 1 N–H and O–H groups in total. The van der Waals surface area contributed by atoms with Gasteiger partial charge in [0.25, 0.3) is 0 Å². The number of aromatic nitrogens is 4. The van der Waals surface area contributed by atoms with Gasteiger partial charge in [0.2, 0.25) is 11.7 Å². The lowest BCUT2D eigenvalue weighted by molar-refractivity contribution is -0.148. The summed E-state index contributed by atoms with van der Waals surface area (Å²) in [7, 11) is 0. The van der Waals surface area contributed by atoms with Gasteiger partial charge in [0.1, 0.15) is 0 Å². The lowest BCUT2D eigenvalue weighted by Gasteiger charge is -2.37. The first-order chi connectivity index (χ1) is 12.9. The Hall–Kier alpha value is -2.77. The molecule has 0 radical (unpaired) electrons. The van der Waals surface area contributed by atoms with Crippen molar-refractivity contribution >= 4 is 11.9 Å². The van der Waals surface area contributed by atoms with Crippen molar-refractivity contribution in [3.8, 4) is 11.4 Å². The van der Waals surface area contributed by atoms with Crippen molar-refractivity contribution in [2.24, 2.45) is 17.8 Å². The van der Waals surface area contributed by atoms with Gasteiger partial charge >= 0.3 is 5.97 Å². The molecule has 1 aromatic carbocycles. The fraction of sp³-hybridized carbons (Fsp3) is 0.526. The van der Waals surface area contributed by atoms with Crippen LogP contribution >= 0.6 is 0 Å². The second kappa shape index (κ2) is 7.85. The van der Waals surface area contributed by atoms with Gasteiger partial charge in [-0.2, -0.15) is 4.80 Å². The number of carbonyl (C=O) groups is 2. The van der Waals surface area contributed by atoms with Crippen LogP contribution in [0.5, 0.6) is 0 Å². The molecule has 27 heavy (non-hydrogen) atoms. The van der Waals surface area contributed by atoms with Gasteiger partial charge in [-0.15, -0.1) is 10.2 Å². The average molecular weight is 371 g/mol. The van der Waals surface area contributed by atoms with E-state index in [2.05, 4.69) is 15.4 Å². The molecule has 1 fully saturated rings. The zero-order valence-electron chi connectivity index (χ0n) is 15.8. The van der Waals surface area contributed by atoms with E-state index in [9.17, 15) is 14.7 Å². The van der Waals surface area contributed by atoms with E-state index < -0.39 is 17.9 Å². The second-order valence-electron chi connectivity index (χ2n) is 7.61. The molecule has 3 atom stereocenters. The molecule has 144 valence electrons. The number of rotatable bonds is 5. The minimum absolute atomic E-state index is 0.0594. The molecule has 1 aliphatic rings. The number of piperidine rings is 1. The Morgan fingerprint density at radius 2 is 1.89 bits per heavy atom. The number of aliphatic carboxylic acids is 1. The fourth-order valence-corrected chi connectivity index (χ4v) is 3.59. The molecule has 8 nitrogen and oxygen atoms in total. The topological polar surface area (TPSA) is 101 Å². The third-order valence-corrected chi connectivity index (χ3v) is 4.91. The van der Waals surface area contributed by atoms with Gasteiger partial charge in [0.05, 0.1) is 5.92 Å². The van der Waals surface area contributed by atoms with Crippen LogP contribution in [-0.4, -0.2) is 55.2 Å². The van der Waals surface area contributed by atoms with E-state index in [1.54, 1.807) is 4.90 Å². The number of hydrogen-bond donors (Lipinski definition) is 1. The predicted molar refractivity (Wildman–Crippen MR) is 98.6 cm³/mol. The molecule has 2 heterocycles. The van der Waals surface area contributed by atoms with Gasteiger partial charge in [-0.25, -0.2) is 0 Å². The van der Waals surface area contributed by atoms with E-state index in [1.807, 2.05) is 51.1 Å². The predicted octanol–water partition coefficient (Wildman–Crippen LogP) is 2.11. The zero-order valence-corrected chi connectivity index (χ0v) is 15.8. The number of carboxylic acid groups (broad SMARTS) is 1. The molecule has 0 bridgehead atoms. The smallest absolute Gasteiger partial charge is 0.308 e. The number of benzene rings is 1. The molecule has 1 saturated heterocycles. The van der Waals surface area contributed by atoms with Gasteiger partial charge in [-0.05, 0) is 23.5 Å². The van der Waals surface area contributed by atoms with Crippen molar-refractivity contribution in [2.75, 3.05) is 13.1 Å². The Balaban J connectivity index is 1.84. The van der Waals surface area contributed by atoms with Gasteiger partial charge in [0.15, 0.2) is 6.04 Å². The van der Waals surface area contributed by atoms with Crippen molar-refractivity contribution in [3.05, 3.63) is 30.3 Å². The molecule has 2 aromatic rings. The Bertz CT molecular complexity index is 805. The first-order valence-electron chi connectivity index (χ1n) is 9.23. The summed E-state index contributed by atoms with van der Waals surface area (Å²) in [6, 6.07) is 8.85. The molecular weight excluding hydrogens is 346 g/mol. The molecular formula is C19H25N5O3. The van der Waals surface area contributed by atoms with E-state index in [-0.39, 0.29) is 24.3 Å². The van der Waals surface area contributed by atoms with Crippen LogP contribution in [0.2, 0.25) is 0 Å². The van der Waals surface area contributed by atoms with Crippen molar-refractivity contribution in [1.29, 1.82) is 0 Å². The standard InChI is InChI=1S/C19H25N5O3/c1-12(2)16(18(25)23-10-13(3)9-15(11-23)19(26)27)24-21-17(20-22-24)14-7-5-4-6-8-14/h4-8,12-13,15-16H,9-11H2,1-3H3,(H,26,27). The maximum Gasteiger partial charge on any atom is 0.308 e. The van der Waals surface area contributed by atoms with Crippen LogP contribution in [0.3, 0.4) is 0 Å². The normalized spacial score (nSPS) is 21.3. The second-order valence-corrected chi connectivity index (χ2v) is 7.61. The quantitative estimate of drug-likeness (QED) is 0.864. The highest BCUT2D eigenvalue weighted by molar-refractivity contribution is 5.81. The first-order valence-corrected chi connectivity index (χ1v) is 9.23. The number of hydrogen-bond acceptors (Lipinski definition) is 5. The van der Waals surface area contributed by atoms with E-state index in [0.29, 0.717) is 18.8 Å². The number of nitrogens with zero attached hydrogens (tertiary/aromatic N) is 5. The fourth-order valence-electron chi connectivity index (χ4n) is 3.59. The Morgan fingerprint density at radius 1 is 1.19 bits per heavy atom. The molecule has 1 amide bonds. The van der Waals surface area contributed by atoms with E-state index in [1.165, 1.54) is 4.80 Å². The largest absolute Gasteiger partial charge is 0.481 e. The van der Waals surface area contributed by atoms with Crippen LogP contribution in [0, 0.1) is 17.8 Å². The Kier molecular flexibility index (Phi) is 5.53. The number of likely N-dealkylation sites (tertiary alicyclic amines) is 1. The maximum atomic E-state index is 13.2. The van der Waals surface area contributed by atoms with E-state index in [0.717, 1.165) is 5.56 Å². The molecule has 1 aliphatic heterocycles. The molecule has 1 aromatic heterocycles. The maximum absolute atomic E-state index is 13.2. The minimum atomic E-state index is -0.856. The lowest BCUT2D eigenvalue weighted by atomic mass is 9.89. The molecule has 3 rings (SSSR count). The average Bonchev–Trinajstić information content (AvgIpc) is 3.11. The monoisotopic (exact) mass is 371 g/mol. The zero-order chi connectivity index (χ0) is 19.6. The van der Waals surface area contributed by atoms with Gasteiger partial charge in [0, 0.05) is 18.7 Å². The Morgan fingerprint density at radius 3 is 2.52 bits per heavy atom. The summed E-state index contributed by atoms with van der Waals surface area (Å²) in [5, 5.41) is 22.0. The summed E-state index contributed by atoms with van der Waals surface area (Å²) < 4.78 is 0. The van der Waals surface area contributed by atoms with Crippen LogP contribution in [0.25, 0.3) is 11.4 Å². The Labute approximate surface area is 158 Å². The van der Waals surface area contributed by atoms with Gasteiger partial charge in [-0.3, -0.25) is 9.59 Å². The van der Waals surface area contributed by atoms with Crippen LogP contribution in [0.15, 0.2) is 30.3 Å². The third kappa shape index (κ3) is 4.15. The van der Waals surface area contributed by atoms with Gasteiger partial charge < -0.3 is 10.0 Å². The summed E-state index contributed by atoms with van der Waals surface area (Å²) in [5.41, 5.74) is 0.830. The van der Waals surface area contributed by atoms with E-state index in [4.69, 9.17) is 0 Å². The summed E-state index contributed by atoms with van der Waals surface area (Å²) in [4.78, 5) is 27.6.